The van der Waals surface area contributed by atoms with Crippen LogP contribution in [0, 0.1) is 11.2 Å². The van der Waals surface area contributed by atoms with Gasteiger partial charge >= 0.3 is 6.03 Å². The molecule has 0 saturated heterocycles. The Hall–Kier alpha value is -2.11. The molecule has 0 radical (unpaired) electrons. The van der Waals surface area contributed by atoms with E-state index >= 15 is 0 Å². The van der Waals surface area contributed by atoms with E-state index in [0.717, 1.165) is 6.07 Å². The summed E-state index contributed by atoms with van der Waals surface area (Å²) in [6, 6.07) is 3.10. The van der Waals surface area contributed by atoms with Crippen molar-refractivity contribution in [2.75, 3.05) is 5.32 Å². The van der Waals surface area contributed by atoms with Crippen molar-refractivity contribution in [3.8, 4) is 0 Å². The number of nitrogens with one attached hydrogen (secondary N) is 2. The molecular formula is C8H9FN4O. The van der Waals surface area contributed by atoms with E-state index in [1.165, 1.54) is 12.1 Å². The Morgan fingerprint density at radius 2 is 2.07 bits per heavy atom. The van der Waals surface area contributed by atoms with E-state index in [1.807, 2.05) is 0 Å². The average Bonchev–Trinajstić information content (AvgIpc) is 2.01. The second-order valence-corrected chi connectivity index (χ2v) is 2.57. The van der Waals surface area contributed by atoms with Gasteiger partial charge in [0.2, 0.25) is 0 Å². The molecule has 0 aliphatic heterocycles. The van der Waals surface area contributed by atoms with Crippen molar-refractivity contribution < 1.29 is 9.18 Å². The Kier molecular flexibility index (Phi) is 2.66. The molecule has 1 aromatic rings. The summed E-state index contributed by atoms with van der Waals surface area (Å²) in [4.78, 5) is 10.5. The quantitative estimate of drug-likeness (QED) is 0.410. The van der Waals surface area contributed by atoms with Gasteiger partial charge in [-0.1, -0.05) is 6.07 Å². The molecule has 0 atom stereocenters. The summed E-state index contributed by atoms with van der Waals surface area (Å²) in [5.41, 5.74) is 9.93. The number of anilines is 1. The number of rotatable bonds is 2. The molecule has 0 unspecified atom stereocenters. The van der Waals surface area contributed by atoms with Crippen LogP contribution in [-0.2, 0) is 0 Å². The van der Waals surface area contributed by atoms with Gasteiger partial charge in [-0.15, -0.1) is 0 Å². The number of carbonyl (C=O) groups is 1. The van der Waals surface area contributed by atoms with E-state index in [4.69, 9.17) is 16.9 Å². The smallest absolute Gasteiger partial charge is 0.316 e. The fraction of sp³-hybridized carbons (Fsp3) is 0. The van der Waals surface area contributed by atoms with Crippen molar-refractivity contribution in [1.82, 2.24) is 0 Å². The number of halogens is 1. The number of nitrogens with two attached hydrogens (primary N) is 2. The summed E-state index contributed by atoms with van der Waals surface area (Å²) in [5, 5.41) is 9.28. The van der Waals surface area contributed by atoms with Crippen LogP contribution in [0.1, 0.15) is 5.56 Å². The van der Waals surface area contributed by atoms with Gasteiger partial charge < -0.3 is 16.8 Å². The standard InChI is InChI=1S/C8H9FN4O/c9-4-2-1-3-5(13-8(12)14)6(4)7(10)11/h1-3H,(H3,10,11)(H3,12,13,14). The van der Waals surface area contributed by atoms with E-state index < -0.39 is 17.7 Å². The summed E-state index contributed by atoms with van der Waals surface area (Å²) in [6.07, 6.45) is 0. The summed E-state index contributed by atoms with van der Waals surface area (Å²) >= 11 is 0. The topological polar surface area (TPSA) is 105 Å². The Balaban J connectivity index is 3.21. The number of urea groups is 1. The van der Waals surface area contributed by atoms with Crippen LogP contribution in [0.15, 0.2) is 18.2 Å². The first-order valence-electron chi connectivity index (χ1n) is 3.71. The van der Waals surface area contributed by atoms with Crippen LogP contribution in [0.5, 0.6) is 0 Å². The lowest BCUT2D eigenvalue weighted by Crippen LogP contribution is -2.23. The predicted octanol–water partition coefficient (Wildman–Crippen LogP) is 0.600. The van der Waals surface area contributed by atoms with Crippen LogP contribution in [-0.4, -0.2) is 11.9 Å². The highest BCUT2D eigenvalue weighted by atomic mass is 19.1. The minimum atomic E-state index is -0.835. The van der Waals surface area contributed by atoms with Gasteiger partial charge in [0.25, 0.3) is 0 Å². The van der Waals surface area contributed by atoms with Crippen LogP contribution in [0.4, 0.5) is 14.9 Å². The molecular weight excluding hydrogens is 187 g/mol. The average molecular weight is 196 g/mol. The molecule has 6 heteroatoms. The van der Waals surface area contributed by atoms with Gasteiger partial charge in [-0.3, -0.25) is 5.41 Å². The van der Waals surface area contributed by atoms with E-state index in [1.54, 1.807) is 0 Å². The molecule has 6 N–H and O–H groups in total. The molecule has 0 fully saturated rings. The van der Waals surface area contributed by atoms with Crippen molar-refractivity contribution in [1.29, 1.82) is 5.41 Å². The first-order chi connectivity index (χ1) is 6.52. The summed E-state index contributed by atoms with van der Waals surface area (Å²) in [6.45, 7) is 0. The predicted molar refractivity (Wildman–Crippen MR) is 50.6 cm³/mol. The summed E-state index contributed by atoms with van der Waals surface area (Å²) < 4.78 is 13.1. The van der Waals surface area contributed by atoms with Crippen LogP contribution in [0.25, 0.3) is 0 Å². The largest absolute Gasteiger partial charge is 0.384 e. The van der Waals surface area contributed by atoms with Gasteiger partial charge in [0, 0.05) is 0 Å². The van der Waals surface area contributed by atoms with Gasteiger partial charge in [-0.2, -0.15) is 0 Å². The number of amides is 2. The second kappa shape index (κ2) is 3.73. The zero-order chi connectivity index (χ0) is 10.7. The molecule has 0 bridgehead atoms. The highest BCUT2D eigenvalue weighted by Crippen LogP contribution is 2.17. The molecule has 0 heterocycles. The van der Waals surface area contributed by atoms with Crippen molar-refractivity contribution in [2.24, 2.45) is 11.5 Å². The molecule has 0 saturated carbocycles. The molecule has 0 spiro atoms. The molecule has 74 valence electrons. The highest BCUT2D eigenvalue weighted by molar-refractivity contribution is 6.03. The van der Waals surface area contributed by atoms with E-state index in [2.05, 4.69) is 5.32 Å². The number of benzene rings is 1. The normalized spacial score (nSPS) is 9.50. The van der Waals surface area contributed by atoms with Crippen molar-refractivity contribution in [3.05, 3.63) is 29.6 Å². The minimum absolute atomic E-state index is 0.0880. The molecule has 2 amide bonds. The fourth-order valence-electron chi connectivity index (χ4n) is 1.03. The SMILES string of the molecule is N=C(N)c1c(F)cccc1NC(N)=O. The number of amidine groups is 1. The third kappa shape index (κ3) is 1.98. The van der Waals surface area contributed by atoms with E-state index in [9.17, 15) is 9.18 Å². The number of primary amides is 1. The van der Waals surface area contributed by atoms with Gasteiger partial charge in [-0.25, -0.2) is 9.18 Å². The molecule has 0 aromatic heterocycles. The molecule has 14 heavy (non-hydrogen) atoms. The van der Waals surface area contributed by atoms with Crippen LogP contribution < -0.4 is 16.8 Å². The molecule has 1 rings (SSSR count). The third-order valence-corrected chi connectivity index (χ3v) is 1.54. The first-order valence-corrected chi connectivity index (χ1v) is 3.71. The maximum Gasteiger partial charge on any atom is 0.316 e. The number of hydrogen-bond donors (Lipinski definition) is 4. The monoisotopic (exact) mass is 196 g/mol. The van der Waals surface area contributed by atoms with Crippen LogP contribution in [0.2, 0.25) is 0 Å². The summed E-state index contributed by atoms with van der Waals surface area (Å²) in [7, 11) is 0. The molecule has 0 aliphatic carbocycles. The maximum atomic E-state index is 13.1. The number of nitrogen functional groups attached to an aromatic ring is 1. The van der Waals surface area contributed by atoms with Crippen LogP contribution >= 0.6 is 0 Å². The van der Waals surface area contributed by atoms with E-state index in [-0.39, 0.29) is 11.3 Å². The Bertz CT molecular complexity index is 391. The number of hydrogen-bond acceptors (Lipinski definition) is 2. The Morgan fingerprint density at radius 3 is 2.57 bits per heavy atom. The second-order valence-electron chi connectivity index (χ2n) is 2.57. The lowest BCUT2D eigenvalue weighted by Gasteiger charge is -2.08. The Labute approximate surface area is 79.4 Å². The maximum absolute atomic E-state index is 13.1. The lowest BCUT2D eigenvalue weighted by molar-refractivity contribution is 0.259. The van der Waals surface area contributed by atoms with Crippen LogP contribution in [0.3, 0.4) is 0 Å². The highest BCUT2D eigenvalue weighted by Gasteiger charge is 2.11. The van der Waals surface area contributed by atoms with Gasteiger partial charge in [0.15, 0.2) is 0 Å². The first kappa shape index (κ1) is 9.97. The van der Waals surface area contributed by atoms with Crippen molar-refractivity contribution >= 4 is 17.6 Å². The minimum Gasteiger partial charge on any atom is -0.384 e. The molecule has 1 aromatic carbocycles. The van der Waals surface area contributed by atoms with E-state index in [0.29, 0.717) is 0 Å². The third-order valence-electron chi connectivity index (χ3n) is 1.54. The summed E-state index contributed by atoms with van der Waals surface area (Å²) in [5.74, 6) is -1.14. The lowest BCUT2D eigenvalue weighted by atomic mass is 10.1. The fourth-order valence-corrected chi connectivity index (χ4v) is 1.03. The number of carbonyl (C=O) groups excluding carboxylic acids is 1. The zero-order valence-electron chi connectivity index (χ0n) is 7.17. The Morgan fingerprint density at radius 1 is 1.43 bits per heavy atom. The van der Waals surface area contributed by atoms with Gasteiger partial charge in [-0.05, 0) is 12.1 Å². The van der Waals surface area contributed by atoms with Gasteiger partial charge in [0.05, 0.1) is 11.3 Å². The van der Waals surface area contributed by atoms with Gasteiger partial charge in [0.1, 0.15) is 11.7 Å². The molecule has 0 aliphatic rings. The van der Waals surface area contributed by atoms with Crippen molar-refractivity contribution in [2.45, 2.75) is 0 Å². The van der Waals surface area contributed by atoms with Crippen molar-refractivity contribution in [3.63, 3.8) is 0 Å². The zero-order valence-corrected chi connectivity index (χ0v) is 7.17. The molecule has 5 nitrogen and oxygen atoms in total.